The van der Waals surface area contributed by atoms with Gasteiger partial charge in [0.1, 0.15) is 0 Å². The van der Waals surface area contributed by atoms with E-state index in [1.807, 2.05) is 0 Å². The molecule has 2 fully saturated rings. The van der Waals surface area contributed by atoms with Crippen molar-refractivity contribution >= 4 is 17.5 Å². The minimum atomic E-state index is -0.486. The van der Waals surface area contributed by atoms with Crippen molar-refractivity contribution in [3.05, 3.63) is 39.4 Å². The van der Waals surface area contributed by atoms with Crippen LogP contribution in [0.4, 0.5) is 5.69 Å². The fourth-order valence-corrected chi connectivity index (χ4v) is 4.33. The fourth-order valence-electron chi connectivity index (χ4n) is 4.33. The Morgan fingerprint density at radius 2 is 2.11 bits per heavy atom. The van der Waals surface area contributed by atoms with Gasteiger partial charge in [0.2, 0.25) is 5.91 Å². The van der Waals surface area contributed by atoms with Crippen LogP contribution in [0.3, 0.4) is 0 Å². The Kier molecular flexibility index (Phi) is 5.77. The lowest BCUT2D eigenvalue weighted by molar-refractivity contribution is -0.385. The Balaban J connectivity index is 1.52. The first kappa shape index (κ1) is 19.3. The zero-order valence-electron chi connectivity index (χ0n) is 15.9. The first-order chi connectivity index (χ1) is 12.8. The van der Waals surface area contributed by atoms with Gasteiger partial charge in [0, 0.05) is 35.7 Å². The van der Waals surface area contributed by atoms with Crippen molar-refractivity contribution in [2.24, 2.45) is 17.8 Å². The molecule has 2 N–H and O–H groups in total. The van der Waals surface area contributed by atoms with Crippen molar-refractivity contribution in [3.63, 3.8) is 0 Å². The van der Waals surface area contributed by atoms with Crippen molar-refractivity contribution in [1.29, 1.82) is 0 Å². The second-order valence-corrected chi connectivity index (χ2v) is 8.03. The average Bonchev–Trinajstić information content (AvgIpc) is 2.62. The molecule has 3 rings (SSSR count). The summed E-state index contributed by atoms with van der Waals surface area (Å²) in [7, 11) is 0. The minimum absolute atomic E-state index is 0.0631. The number of nitrogens with zero attached hydrogens (tertiary/aromatic N) is 1. The Bertz CT molecular complexity index is 749. The highest BCUT2D eigenvalue weighted by Crippen LogP contribution is 2.36. The molecule has 4 unspecified atom stereocenters. The SMILES string of the molecule is Cc1ccc(C(=O)NCCC2CC3CCC(C)CC3NC2=O)cc1[N+](=O)[O-]. The third-order valence-corrected chi connectivity index (χ3v) is 5.99. The molecule has 0 radical (unpaired) electrons. The van der Waals surface area contributed by atoms with Crippen LogP contribution in [0.1, 0.15) is 54.9 Å². The van der Waals surface area contributed by atoms with Gasteiger partial charge in [-0.2, -0.15) is 0 Å². The van der Waals surface area contributed by atoms with Gasteiger partial charge in [-0.15, -0.1) is 0 Å². The van der Waals surface area contributed by atoms with Crippen LogP contribution in [0.15, 0.2) is 18.2 Å². The number of hydrogen-bond donors (Lipinski definition) is 2. The smallest absolute Gasteiger partial charge is 0.273 e. The van der Waals surface area contributed by atoms with E-state index in [-0.39, 0.29) is 29.0 Å². The van der Waals surface area contributed by atoms with Gasteiger partial charge in [0.15, 0.2) is 0 Å². The maximum Gasteiger partial charge on any atom is 0.273 e. The molecule has 7 heteroatoms. The van der Waals surface area contributed by atoms with E-state index in [4.69, 9.17) is 0 Å². The van der Waals surface area contributed by atoms with Gasteiger partial charge in [-0.1, -0.05) is 19.4 Å². The summed E-state index contributed by atoms with van der Waals surface area (Å²) in [6, 6.07) is 4.76. The van der Waals surface area contributed by atoms with E-state index in [9.17, 15) is 19.7 Å². The normalized spacial score (nSPS) is 27.4. The molecule has 2 aliphatic rings. The van der Waals surface area contributed by atoms with Crippen LogP contribution in [0.25, 0.3) is 0 Å². The summed E-state index contributed by atoms with van der Waals surface area (Å²) < 4.78 is 0. The second kappa shape index (κ2) is 8.06. The van der Waals surface area contributed by atoms with Crippen LogP contribution >= 0.6 is 0 Å². The highest BCUT2D eigenvalue weighted by Gasteiger charge is 2.38. The van der Waals surface area contributed by atoms with E-state index in [2.05, 4.69) is 17.6 Å². The van der Waals surface area contributed by atoms with Crippen molar-refractivity contribution in [1.82, 2.24) is 10.6 Å². The first-order valence-corrected chi connectivity index (χ1v) is 9.68. The van der Waals surface area contributed by atoms with Gasteiger partial charge in [-0.3, -0.25) is 19.7 Å². The van der Waals surface area contributed by atoms with E-state index >= 15 is 0 Å². The second-order valence-electron chi connectivity index (χ2n) is 8.03. The fraction of sp³-hybridized carbons (Fsp3) is 0.600. The number of fused-ring (bicyclic) bond motifs is 1. The summed E-state index contributed by atoms with van der Waals surface area (Å²) in [6.45, 7) is 4.26. The standard InChI is InChI=1S/C20H27N3O4/c1-12-3-5-14-10-16(20(25)22-17(14)9-12)7-8-21-19(24)15-6-4-13(2)18(11-15)23(26)27/h4,6,11-12,14,16-17H,3,5,7-10H2,1-2H3,(H,21,24)(H,22,25). The van der Waals surface area contributed by atoms with Crippen molar-refractivity contribution in [2.45, 2.75) is 52.0 Å². The molecular weight excluding hydrogens is 346 g/mol. The first-order valence-electron chi connectivity index (χ1n) is 9.68. The van der Waals surface area contributed by atoms with E-state index in [0.29, 0.717) is 36.4 Å². The molecule has 1 aliphatic carbocycles. The number of amides is 2. The molecule has 1 aromatic rings. The topological polar surface area (TPSA) is 101 Å². The number of carbonyl (C=O) groups is 2. The predicted octanol–water partition coefficient (Wildman–Crippen LogP) is 2.96. The maximum absolute atomic E-state index is 12.4. The van der Waals surface area contributed by atoms with Gasteiger partial charge < -0.3 is 10.6 Å². The van der Waals surface area contributed by atoms with E-state index in [1.54, 1.807) is 19.1 Å². The molecule has 0 spiro atoms. The summed E-state index contributed by atoms with van der Waals surface area (Å²) in [5.41, 5.74) is 0.723. The molecule has 1 saturated carbocycles. The highest BCUT2D eigenvalue weighted by atomic mass is 16.6. The Morgan fingerprint density at radius 3 is 2.85 bits per heavy atom. The highest BCUT2D eigenvalue weighted by molar-refractivity contribution is 5.95. The molecule has 1 aliphatic heterocycles. The van der Waals surface area contributed by atoms with Crippen molar-refractivity contribution < 1.29 is 14.5 Å². The number of piperidine rings is 1. The maximum atomic E-state index is 12.4. The van der Waals surface area contributed by atoms with Crippen LogP contribution in [-0.4, -0.2) is 29.3 Å². The van der Waals surface area contributed by atoms with Gasteiger partial charge in [-0.05, 0) is 50.5 Å². The number of aryl methyl sites for hydroxylation is 1. The zero-order valence-corrected chi connectivity index (χ0v) is 15.9. The van der Waals surface area contributed by atoms with Crippen molar-refractivity contribution in [2.75, 3.05) is 6.54 Å². The van der Waals surface area contributed by atoms with Crippen LogP contribution in [0.5, 0.6) is 0 Å². The molecule has 1 aromatic carbocycles. The van der Waals surface area contributed by atoms with Gasteiger partial charge >= 0.3 is 0 Å². The summed E-state index contributed by atoms with van der Waals surface area (Å²) in [6.07, 6.45) is 4.90. The average molecular weight is 373 g/mol. The number of benzene rings is 1. The van der Waals surface area contributed by atoms with Gasteiger partial charge in [0.25, 0.3) is 11.6 Å². The number of hydrogen-bond acceptors (Lipinski definition) is 4. The molecule has 0 bridgehead atoms. The predicted molar refractivity (Wildman–Crippen MR) is 101 cm³/mol. The molecule has 0 aromatic heterocycles. The van der Waals surface area contributed by atoms with Gasteiger partial charge in [0.05, 0.1) is 4.92 Å². The van der Waals surface area contributed by atoms with Gasteiger partial charge in [-0.25, -0.2) is 0 Å². The third-order valence-electron chi connectivity index (χ3n) is 5.99. The number of nitro benzene ring substituents is 1. The monoisotopic (exact) mass is 373 g/mol. The molecule has 4 atom stereocenters. The quantitative estimate of drug-likeness (QED) is 0.612. The van der Waals surface area contributed by atoms with E-state index in [0.717, 1.165) is 19.3 Å². The number of carbonyl (C=O) groups excluding carboxylic acids is 2. The lowest BCUT2D eigenvalue weighted by Gasteiger charge is -2.41. The van der Waals surface area contributed by atoms with E-state index < -0.39 is 4.92 Å². The Morgan fingerprint density at radius 1 is 1.33 bits per heavy atom. The molecule has 146 valence electrons. The summed E-state index contributed by atoms with van der Waals surface area (Å²) in [5, 5.41) is 17.0. The van der Waals surface area contributed by atoms with Crippen LogP contribution in [0.2, 0.25) is 0 Å². The largest absolute Gasteiger partial charge is 0.353 e. The van der Waals surface area contributed by atoms with Crippen molar-refractivity contribution in [3.8, 4) is 0 Å². The number of nitro groups is 1. The molecule has 2 amide bonds. The summed E-state index contributed by atoms with van der Waals surface area (Å²) in [4.78, 5) is 35.2. The molecule has 1 heterocycles. The molecular formula is C20H27N3O4. The van der Waals surface area contributed by atoms with Crippen LogP contribution < -0.4 is 10.6 Å². The molecule has 7 nitrogen and oxygen atoms in total. The number of nitrogens with one attached hydrogen (secondary N) is 2. The number of rotatable bonds is 5. The summed E-state index contributed by atoms with van der Waals surface area (Å²) >= 11 is 0. The molecule has 27 heavy (non-hydrogen) atoms. The van der Waals surface area contributed by atoms with Crippen LogP contribution in [0, 0.1) is 34.8 Å². The summed E-state index contributed by atoms with van der Waals surface area (Å²) in [5.74, 6) is 0.872. The zero-order chi connectivity index (χ0) is 19.6. The minimum Gasteiger partial charge on any atom is -0.353 e. The van der Waals surface area contributed by atoms with E-state index in [1.165, 1.54) is 12.5 Å². The Labute approximate surface area is 159 Å². The Hall–Kier alpha value is -2.44. The lowest BCUT2D eigenvalue weighted by atomic mass is 9.72. The molecule has 1 saturated heterocycles. The van der Waals surface area contributed by atoms with Crippen LogP contribution in [-0.2, 0) is 4.79 Å². The third kappa shape index (κ3) is 4.46. The lowest BCUT2D eigenvalue weighted by Crippen LogP contribution is -2.52.